The van der Waals surface area contributed by atoms with E-state index in [4.69, 9.17) is 4.74 Å². The molecule has 0 saturated carbocycles. The molecule has 166 valence electrons. The van der Waals surface area contributed by atoms with Gasteiger partial charge in [-0.1, -0.05) is 43.4 Å². The molecular formula is C28H28N4O. The van der Waals surface area contributed by atoms with Crippen molar-refractivity contribution >= 4 is 28.8 Å². The normalized spacial score (nSPS) is 13.0. The zero-order valence-corrected chi connectivity index (χ0v) is 19.3. The average molecular weight is 437 g/mol. The van der Waals surface area contributed by atoms with Gasteiger partial charge < -0.3 is 9.72 Å². The van der Waals surface area contributed by atoms with Crippen LogP contribution in [0.3, 0.4) is 0 Å². The predicted molar refractivity (Wildman–Crippen MR) is 135 cm³/mol. The maximum atomic E-state index is 6.30. The number of aryl methyl sites for hydroxylation is 1. The smallest absolute Gasteiger partial charge is 0.127 e. The molecule has 5 heteroatoms. The molecule has 0 aliphatic rings. The number of aromatic nitrogens is 4. The summed E-state index contributed by atoms with van der Waals surface area (Å²) < 4.78 is 6.30. The number of ether oxygens (including phenoxy) is 1. The van der Waals surface area contributed by atoms with E-state index in [0.29, 0.717) is 0 Å². The number of aromatic amines is 1. The van der Waals surface area contributed by atoms with Gasteiger partial charge in [-0.25, -0.2) is 9.97 Å². The third kappa shape index (κ3) is 5.26. The van der Waals surface area contributed by atoms with E-state index in [1.165, 1.54) is 17.6 Å². The highest BCUT2D eigenvalue weighted by molar-refractivity contribution is 5.80. The first-order valence-electron chi connectivity index (χ1n) is 11.1. The van der Waals surface area contributed by atoms with Crippen LogP contribution in [-0.4, -0.2) is 19.9 Å². The molecule has 0 aliphatic carbocycles. The highest BCUT2D eigenvalue weighted by Crippen LogP contribution is 2.20. The molecule has 3 aromatic heterocycles. The molecule has 3 heterocycles. The lowest BCUT2D eigenvalue weighted by molar-refractivity contribution is 0.503. The molecular weight excluding hydrogens is 408 g/mol. The number of benzene rings is 1. The molecule has 4 aromatic rings. The van der Waals surface area contributed by atoms with Gasteiger partial charge >= 0.3 is 0 Å². The van der Waals surface area contributed by atoms with Crippen LogP contribution in [0.1, 0.15) is 37.1 Å². The largest absolute Gasteiger partial charge is 0.461 e. The topological polar surface area (TPSA) is 63.7 Å². The second-order valence-corrected chi connectivity index (χ2v) is 7.96. The van der Waals surface area contributed by atoms with E-state index in [0.717, 1.165) is 57.0 Å². The Morgan fingerprint density at radius 3 is 2.79 bits per heavy atom. The lowest BCUT2D eigenvalue weighted by Gasteiger charge is -2.07. The Hall–Kier alpha value is -3.99. The molecule has 0 amide bonds. The number of allylic oxidation sites excluding steroid dienone is 2. The minimum absolute atomic E-state index is 0.717. The second kappa shape index (κ2) is 10.1. The summed E-state index contributed by atoms with van der Waals surface area (Å²) in [7, 11) is 0. The molecule has 0 radical (unpaired) electrons. The van der Waals surface area contributed by atoms with Gasteiger partial charge in [-0.3, -0.25) is 4.98 Å². The van der Waals surface area contributed by atoms with Crippen LogP contribution >= 0.6 is 0 Å². The number of nitrogens with zero attached hydrogens (tertiary/aromatic N) is 3. The lowest BCUT2D eigenvalue weighted by atomic mass is 10.1. The van der Waals surface area contributed by atoms with Crippen molar-refractivity contribution in [3.05, 3.63) is 101 Å². The van der Waals surface area contributed by atoms with Crippen molar-refractivity contribution in [2.24, 2.45) is 0 Å². The van der Waals surface area contributed by atoms with Crippen LogP contribution in [-0.2, 0) is 6.42 Å². The fourth-order valence-electron chi connectivity index (χ4n) is 3.89. The van der Waals surface area contributed by atoms with Crippen molar-refractivity contribution in [3.8, 4) is 5.75 Å². The number of hydrogen-bond acceptors (Lipinski definition) is 4. The van der Waals surface area contributed by atoms with Gasteiger partial charge in [-0.05, 0) is 56.5 Å². The summed E-state index contributed by atoms with van der Waals surface area (Å²) in [5.74, 6) is 1.66. The van der Waals surface area contributed by atoms with E-state index < -0.39 is 0 Å². The Labute approximate surface area is 193 Å². The van der Waals surface area contributed by atoms with Gasteiger partial charge in [-0.15, -0.1) is 0 Å². The molecule has 1 N–H and O–H groups in total. The highest BCUT2D eigenvalue weighted by Gasteiger charge is 2.08. The van der Waals surface area contributed by atoms with Gasteiger partial charge in [0.25, 0.3) is 0 Å². The summed E-state index contributed by atoms with van der Waals surface area (Å²) in [4.78, 5) is 16.0. The molecule has 5 nitrogen and oxygen atoms in total. The molecule has 33 heavy (non-hydrogen) atoms. The summed E-state index contributed by atoms with van der Waals surface area (Å²) in [6.45, 7) is 10.5. The third-order valence-corrected chi connectivity index (χ3v) is 5.59. The summed E-state index contributed by atoms with van der Waals surface area (Å²) in [6, 6.07) is 9.95. The number of nitrogens with one attached hydrogen (secondary N) is 1. The zero-order chi connectivity index (χ0) is 23.2. The van der Waals surface area contributed by atoms with E-state index in [-0.39, 0.29) is 0 Å². The van der Waals surface area contributed by atoms with E-state index in [1.54, 1.807) is 18.6 Å². The molecule has 0 atom stereocenters. The number of fused-ring (bicyclic) bond motifs is 1. The van der Waals surface area contributed by atoms with Crippen molar-refractivity contribution in [1.29, 1.82) is 0 Å². The standard InChI is InChI=1S/C28H28N4O/c1-5-25-20(3)28(21(4)33-24-11-13-26-23(15-24)7-6-14-31-26)27(32-25)12-9-19(2)8-10-22-16-29-18-30-17-22/h6-8,10-18,32H,2,5,9H2,1,3-4H3/b10-8-,27-12-,28-21+. The maximum Gasteiger partial charge on any atom is 0.127 e. The Morgan fingerprint density at radius 2 is 2.00 bits per heavy atom. The molecule has 0 fully saturated rings. The van der Waals surface area contributed by atoms with Crippen LogP contribution in [0, 0.1) is 6.92 Å². The Balaban J connectivity index is 1.64. The minimum Gasteiger partial charge on any atom is -0.461 e. The minimum atomic E-state index is 0.717. The number of rotatable bonds is 7. The van der Waals surface area contributed by atoms with E-state index in [9.17, 15) is 0 Å². The predicted octanol–water partition coefficient (Wildman–Crippen LogP) is 4.87. The first kappa shape index (κ1) is 22.2. The Bertz CT molecular complexity index is 1430. The van der Waals surface area contributed by atoms with E-state index in [2.05, 4.69) is 46.4 Å². The second-order valence-electron chi connectivity index (χ2n) is 7.96. The van der Waals surface area contributed by atoms with Gasteiger partial charge in [0.2, 0.25) is 0 Å². The van der Waals surface area contributed by atoms with Gasteiger partial charge in [0.1, 0.15) is 17.8 Å². The van der Waals surface area contributed by atoms with Gasteiger partial charge in [0.15, 0.2) is 0 Å². The van der Waals surface area contributed by atoms with Crippen LogP contribution in [0.2, 0.25) is 0 Å². The van der Waals surface area contributed by atoms with Crippen LogP contribution in [0.15, 0.2) is 73.5 Å². The van der Waals surface area contributed by atoms with Gasteiger partial charge in [0.05, 0.1) is 5.52 Å². The molecule has 4 rings (SSSR count). The van der Waals surface area contributed by atoms with Crippen molar-refractivity contribution < 1.29 is 4.74 Å². The Morgan fingerprint density at radius 1 is 1.18 bits per heavy atom. The fourth-order valence-corrected chi connectivity index (χ4v) is 3.89. The summed E-state index contributed by atoms with van der Waals surface area (Å²) in [5, 5.41) is 3.22. The molecule has 0 spiro atoms. The molecule has 0 bridgehead atoms. The molecule has 0 unspecified atom stereocenters. The summed E-state index contributed by atoms with van der Waals surface area (Å²) in [6.07, 6.45) is 14.7. The number of hydrogen-bond donors (Lipinski definition) is 1. The SMILES string of the molecule is C=C(/C=C\c1cncnc1)C/C=c1\[nH]c(CC)c(C)\c1=C(\C)Oc1ccc2ncccc2c1. The zero-order valence-electron chi connectivity index (χ0n) is 19.3. The fraction of sp³-hybridized carbons (Fsp3) is 0.179. The van der Waals surface area contributed by atoms with Crippen molar-refractivity contribution in [2.45, 2.75) is 33.6 Å². The van der Waals surface area contributed by atoms with Crippen LogP contribution in [0.4, 0.5) is 0 Å². The molecule has 1 aromatic carbocycles. The Kier molecular flexibility index (Phi) is 6.79. The van der Waals surface area contributed by atoms with E-state index in [1.807, 2.05) is 49.4 Å². The molecule has 0 aliphatic heterocycles. The van der Waals surface area contributed by atoms with Gasteiger partial charge in [0, 0.05) is 45.8 Å². The van der Waals surface area contributed by atoms with Crippen molar-refractivity contribution in [3.63, 3.8) is 0 Å². The van der Waals surface area contributed by atoms with Gasteiger partial charge in [-0.2, -0.15) is 0 Å². The third-order valence-electron chi connectivity index (χ3n) is 5.59. The maximum absolute atomic E-state index is 6.30. The number of pyridine rings is 1. The quantitative estimate of drug-likeness (QED) is 0.420. The average Bonchev–Trinajstić information content (AvgIpc) is 3.17. The van der Waals surface area contributed by atoms with Crippen LogP contribution < -0.4 is 15.3 Å². The van der Waals surface area contributed by atoms with Crippen LogP contribution in [0.25, 0.3) is 28.8 Å². The number of H-pyrrole nitrogens is 1. The summed E-state index contributed by atoms with van der Waals surface area (Å²) in [5.41, 5.74) is 5.33. The van der Waals surface area contributed by atoms with Crippen molar-refractivity contribution in [2.75, 3.05) is 0 Å². The first-order valence-corrected chi connectivity index (χ1v) is 11.1. The van der Waals surface area contributed by atoms with Crippen molar-refractivity contribution in [1.82, 2.24) is 19.9 Å². The van der Waals surface area contributed by atoms with Crippen LogP contribution in [0.5, 0.6) is 5.75 Å². The lowest BCUT2D eigenvalue weighted by Crippen LogP contribution is -2.28. The summed E-state index contributed by atoms with van der Waals surface area (Å²) >= 11 is 0. The molecule has 0 saturated heterocycles. The van der Waals surface area contributed by atoms with E-state index >= 15 is 0 Å². The first-order chi connectivity index (χ1) is 16.0. The highest BCUT2D eigenvalue weighted by atomic mass is 16.5. The monoisotopic (exact) mass is 436 g/mol.